The summed E-state index contributed by atoms with van der Waals surface area (Å²) >= 11 is 0. The predicted molar refractivity (Wildman–Crippen MR) is 83.6 cm³/mol. The van der Waals surface area contributed by atoms with E-state index in [2.05, 4.69) is 22.5 Å². The largest absolute Gasteiger partial charge is 0.384 e. The highest BCUT2D eigenvalue weighted by molar-refractivity contribution is 5.99. The maximum Gasteiger partial charge on any atom is 0.254 e. The molecule has 1 atom stereocenters. The number of nitrogens with one attached hydrogen (secondary N) is 2. The standard InChI is InChI=1S/C16H25N3O2/c1-2-8-18-15-7-9-17-12-14(15)16(20)19-10-6-13-5-3-4-11-21-13/h7,9,12-13H,2-6,8,10-11H2,1H3,(H,17,18)(H,19,20). The molecule has 2 N–H and O–H groups in total. The number of ether oxygens (including phenoxy) is 1. The number of pyridine rings is 1. The quantitative estimate of drug-likeness (QED) is 0.810. The van der Waals surface area contributed by atoms with Crippen molar-refractivity contribution in [3.8, 4) is 0 Å². The minimum Gasteiger partial charge on any atom is -0.384 e. The molecule has 5 nitrogen and oxygen atoms in total. The molecule has 21 heavy (non-hydrogen) atoms. The molecule has 1 unspecified atom stereocenters. The van der Waals surface area contributed by atoms with Crippen LogP contribution in [0.2, 0.25) is 0 Å². The fraction of sp³-hybridized carbons (Fsp3) is 0.625. The van der Waals surface area contributed by atoms with Crippen molar-refractivity contribution in [2.45, 2.75) is 45.1 Å². The van der Waals surface area contributed by atoms with Gasteiger partial charge in [-0.25, -0.2) is 0 Å². The lowest BCUT2D eigenvalue weighted by molar-refractivity contribution is 0.0117. The normalized spacial score (nSPS) is 18.2. The summed E-state index contributed by atoms with van der Waals surface area (Å²) in [6, 6.07) is 1.84. The molecular formula is C16H25N3O2. The minimum atomic E-state index is -0.0717. The first-order chi connectivity index (χ1) is 10.3. The van der Waals surface area contributed by atoms with E-state index in [-0.39, 0.29) is 5.91 Å². The van der Waals surface area contributed by atoms with Crippen molar-refractivity contribution in [2.24, 2.45) is 0 Å². The number of amides is 1. The molecule has 0 spiro atoms. The fourth-order valence-corrected chi connectivity index (χ4v) is 2.47. The Balaban J connectivity index is 1.82. The highest BCUT2D eigenvalue weighted by Crippen LogP contribution is 2.16. The number of hydrogen-bond acceptors (Lipinski definition) is 4. The molecule has 1 aliphatic heterocycles. The average molecular weight is 291 g/mol. The van der Waals surface area contributed by atoms with Crippen molar-refractivity contribution in [3.05, 3.63) is 24.0 Å². The molecule has 0 aliphatic carbocycles. The molecule has 1 aliphatic rings. The highest BCUT2D eigenvalue weighted by atomic mass is 16.5. The summed E-state index contributed by atoms with van der Waals surface area (Å²) in [5.74, 6) is -0.0717. The van der Waals surface area contributed by atoms with E-state index in [0.717, 1.165) is 44.5 Å². The number of nitrogens with zero attached hydrogens (tertiary/aromatic N) is 1. The Morgan fingerprint density at radius 2 is 2.33 bits per heavy atom. The summed E-state index contributed by atoms with van der Waals surface area (Å²) < 4.78 is 5.67. The molecule has 0 saturated carbocycles. The number of carbonyl (C=O) groups is 1. The Hall–Kier alpha value is -1.62. The number of carbonyl (C=O) groups excluding carboxylic acids is 1. The van der Waals surface area contributed by atoms with E-state index in [0.29, 0.717) is 18.2 Å². The Bertz CT molecular complexity index is 445. The van der Waals surface area contributed by atoms with Crippen molar-refractivity contribution < 1.29 is 9.53 Å². The lowest BCUT2D eigenvalue weighted by Gasteiger charge is -2.22. The summed E-state index contributed by atoms with van der Waals surface area (Å²) in [5, 5.41) is 6.22. The zero-order chi connectivity index (χ0) is 14.9. The number of aromatic nitrogens is 1. The van der Waals surface area contributed by atoms with E-state index in [1.54, 1.807) is 12.4 Å². The van der Waals surface area contributed by atoms with Gasteiger partial charge in [-0.2, -0.15) is 0 Å². The van der Waals surface area contributed by atoms with Crippen LogP contribution in [0.1, 0.15) is 49.4 Å². The van der Waals surface area contributed by atoms with Gasteiger partial charge in [0.1, 0.15) is 0 Å². The van der Waals surface area contributed by atoms with Gasteiger partial charge in [0.25, 0.3) is 5.91 Å². The molecule has 0 radical (unpaired) electrons. The molecule has 1 aromatic heterocycles. The zero-order valence-corrected chi connectivity index (χ0v) is 12.7. The van der Waals surface area contributed by atoms with Gasteiger partial charge in [-0.05, 0) is 38.2 Å². The molecule has 1 aromatic rings. The first-order valence-electron chi connectivity index (χ1n) is 7.89. The predicted octanol–water partition coefficient (Wildman–Crippen LogP) is 2.59. The van der Waals surface area contributed by atoms with Crippen molar-refractivity contribution in [1.82, 2.24) is 10.3 Å². The first-order valence-corrected chi connectivity index (χ1v) is 7.89. The van der Waals surface area contributed by atoms with Gasteiger partial charge in [0, 0.05) is 32.1 Å². The molecule has 1 saturated heterocycles. The van der Waals surface area contributed by atoms with Crippen molar-refractivity contribution in [1.29, 1.82) is 0 Å². The summed E-state index contributed by atoms with van der Waals surface area (Å²) in [4.78, 5) is 16.3. The third-order valence-corrected chi connectivity index (χ3v) is 3.66. The maximum absolute atomic E-state index is 12.2. The molecular weight excluding hydrogens is 266 g/mol. The lowest BCUT2D eigenvalue weighted by Crippen LogP contribution is -2.30. The van der Waals surface area contributed by atoms with Crippen LogP contribution in [0.3, 0.4) is 0 Å². The van der Waals surface area contributed by atoms with Gasteiger partial charge in [-0.1, -0.05) is 6.92 Å². The van der Waals surface area contributed by atoms with Crippen LogP contribution >= 0.6 is 0 Å². The molecule has 2 heterocycles. The Morgan fingerprint density at radius 3 is 3.10 bits per heavy atom. The second kappa shape index (κ2) is 8.62. The summed E-state index contributed by atoms with van der Waals surface area (Å²) in [6.45, 7) is 4.44. The number of hydrogen-bond donors (Lipinski definition) is 2. The molecule has 0 aromatic carbocycles. The summed E-state index contributed by atoms with van der Waals surface area (Å²) in [5.41, 5.74) is 1.45. The monoisotopic (exact) mass is 291 g/mol. The second-order valence-corrected chi connectivity index (χ2v) is 5.38. The van der Waals surface area contributed by atoms with E-state index in [9.17, 15) is 4.79 Å². The van der Waals surface area contributed by atoms with Crippen LogP contribution in [0.25, 0.3) is 0 Å². The van der Waals surface area contributed by atoms with Gasteiger partial charge in [0.2, 0.25) is 0 Å². The molecule has 1 fully saturated rings. The summed E-state index contributed by atoms with van der Waals surface area (Å²) in [6.07, 6.45) is 9.00. The van der Waals surface area contributed by atoms with E-state index in [4.69, 9.17) is 4.74 Å². The Kier molecular flexibility index (Phi) is 6.47. The smallest absolute Gasteiger partial charge is 0.254 e. The Morgan fingerprint density at radius 1 is 1.43 bits per heavy atom. The molecule has 2 rings (SSSR count). The topological polar surface area (TPSA) is 63.2 Å². The highest BCUT2D eigenvalue weighted by Gasteiger charge is 2.15. The van der Waals surface area contributed by atoms with Gasteiger partial charge < -0.3 is 15.4 Å². The fourth-order valence-electron chi connectivity index (χ4n) is 2.47. The number of rotatable bonds is 7. The Labute approximate surface area is 126 Å². The summed E-state index contributed by atoms with van der Waals surface area (Å²) in [7, 11) is 0. The van der Waals surface area contributed by atoms with Gasteiger partial charge in [-0.15, -0.1) is 0 Å². The van der Waals surface area contributed by atoms with E-state index in [1.165, 1.54) is 6.42 Å². The van der Waals surface area contributed by atoms with Crippen molar-refractivity contribution in [2.75, 3.05) is 25.0 Å². The zero-order valence-electron chi connectivity index (χ0n) is 12.7. The van der Waals surface area contributed by atoms with E-state index >= 15 is 0 Å². The van der Waals surface area contributed by atoms with Crippen molar-refractivity contribution >= 4 is 11.6 Å². The van der Waals surface area contributed by atoms with Gasteiger partial charge >= 0.3 is 0 Å². The lowest BCUT2D eigenvalue weighted by atomic mass is 10.1. The van der Waals surface area contributed by atoms with Crippen LogP contribution < -0.4 is 10.6 Å². The second-order valence-electron chi connectivity index (χ2n) is 5.38. The van der Waals surface area contributed by atoms with Crippen LogP contribution in [-0.2, 0) is 4.74 Å². The molecule has 116 valence electrons. The van der Waals surface area contributed by atoms with Gasteiger partial charge in [0.05, 0.1) is 17.4 Å². The van der Waals surface area contributed by atoms with E-state index in [1.807, 2.05) is 6.07 Å². The maximum atomic E-state index is 12.2. The molecule has 5 heteroatoms. The minimum absolute atomic E-state index is 0.0717. The van der Waals surface area contributed by atoms with Crippen LogP contribution in [0.4, 0.5) is 5.69 Å². The van der Waals surface area contributed by atoms with E-state index < -0.39 is 0 Å². The molecule has 1 amide bonds. The molecule has 0 bridgehead atoms. The van der Waals surface area contributed by atoms with Gasteiger partial charge in [0.15, 0.2) is 0 Å². The third kappa shape index (κ3) is 5.01. The van der Waals surface area contributed by atoms with Crippen LogP contribution in [0, 0.1) is 0 Å². The number of anilines is 1. The van der Waals surface area contributed by atoms with Crippen LogP contribution in [0.5, 0.6) is 0 Å². The van der Waals surface area contributed by atoms with Crippen LogP contribution in [0.15, 0.2) is 18.5 Å². The first kappa shape index (κ1) is 15.8. The van der Waals surface area contributed by atoms with Crippen LogP contribution in [-0.4, -0.2) is 36.7 Å². The third-order valence-electron chi connectivity index (χ3n) is 3.66. The average Bonchev–Trinajstić information content (AvgIpc) is 2.54. The van der Waals surface area contributed by atoms with Gasteiger partial charge in [-0.3, -0.25) is 9.78 Å². The van der Waals surface area contributed by atoms with Crippen molar-refractivity contribution in [3.63, 3.8) is 0 Å². The SMILES string of the molecule is CCCNc1ccncc1C(=O)NCCC1CCCCO1.